The lowest BCUT2D eigenvalue weighted by atomic mass is 9.88. The third kappa shape index (κ3) is 3.66. The second kappa shape index (κ2) is 7.72. The zero-order valence-corrected chi connectivity index (χ0v) is 13.9. The quantitative estimate of drug-likeness (QED) is 0.901. The number of nitrogens with two attached hydrogens (primary N) is 1. The largest absolute Gasteiger partial charge is 0.344 e. The van der Waals surface area contributed by atoms with Crippen molar-refractivity contribution < 1.29 is 4.79 Å². The highest BCUT2D eigenvalue weighted by molar-refractivity contribution is 7.09. The number of carbonyl (C=O) groups excluding carboxylic acids is 1. The van der Waals surface area contributed by atoms with Crippen LogP contribution in [0.1, 0.15) is 45.5 Å². The van der Waals surface area contributed by atoms with E-state index in [2.05, 4.69) is 28.5 Å². The summed E-state index contributed by atoms with van der Waals surface area (Å²) in [6, 6.07) is 8.45. The number of aryl methyl sites for hydroxylation is 1. The van der Waals surface area contributed by atoms with Crippen LogP contribution in [0.2, 0.25) is 0 Å². The molecule has 1 aromatic heterocycles. The predicted octanol–water partition coefficient (Wildman–Crippen LogP) is 2.87. The van der Waals surface area contributed by atoms with Crippen LogP contribution in [0.5, 0.6) is 0 Å². The number of rotatable bonds is 4. The third-order valence-electron chi connectivity index (χ3n) is 3.82. The van der Waals surface area contributed by atoms with Crippen molar-refractivity contribution in [3.8, 4) is 0 Å². The number of amides is 1. The molecule has 1 unspecified atom stereocenters. The van der Waals surface area contributed by atoms with E-state index in [1.54, 1.807) is 0 Å². The minimum Gasteiger partial charge on any atom is -0.344 e. The van der Waals surface area contributed by atoms with Crippen molar-refractivity contribution in [2.75, 3.05) is 6.54 Å². The number of aromatic nitrogens is 1. The molecule has 1 atom stereocenters. The first-order valence-electron chi connectivity index (χ1n) is 7.31. The van der Waals surface area contributed by atoms with Gasteiger partial charge in [-0.25, -0.2) is 4.98 Å². The molecule has 0 fully saturated rings. The van der Waals surface area contributed by atoms with Gasteiger partial charge in [-0.3, -0.25) is 4.79 Å². The maximum absolute atomic E-state index is 12.3. The summed E-state index contributed by atoms with van der Waals surface area (Å²) < 4.78 is 0. The summed E-state index contributed by atoms with van der Waals surface area (Å²) in [6.07, 6.45) is 3.92. The van der Waals surface area contributed by atoms with Crippen molar-refractivity contribution in [1.82, 2.24) is 10.3 Å². The number of nitrogens with zero attached hydrogens (tertiary/aromatic N) is 1. The van der Waals surface area contributed by atoms with Crippen molar-refractivity contribution in [2.45, 2.75) is 31.7 Å². The lowest BCUT2D eigenvalue weighted by molar-refractivity contribution is 0.0928. The smallest absolute Gasteiger partial charge is 0.271 e. The van der Waals surface area contributed by atoms with Gasteiger partial charge in [0.25, 0.3) is 5.91 Å². The van der Waals surface area contributed by atoms with E-state index in [0.29, 0.717) is 12.2 Å². The van der Waals surface area contributed by atoms with Crippen LogP contribution in [0.25, 0.3) is 0 Å². The number of hydrogen-bond donors (Lipinski definition) is 2. The predicted molar refractivity (Wildman–Crippen MR) is 91.7 cm³/mol. The van der Waals surface area contributed by atoms with Gasteiger partial charge in [-0.2, -0.15) is 0 Å². The molecule has 0 saturated heterocycles. The molecule has 0 saturated carbocycles. The first-order valence-corrected chi connectivity index (χ1v) is 8.19. The van der Waals surface area contributed by atoms with Crippen LogP contribution in [0, 0.1) is 0 Å². The van der Waals surface area contributed by atoms with Crippen molar-refractivity contribution in [2.24, 2.45) is 5.73 Å². The van der Waals surface area contributed by atoms with Gasteiger partial charge in [0.1, 0.15) is 5.69 Å². The Labute approximate surface area is 140 Å². The number of benzene rings is 1. The second-order valence-corrected chi connectivity index (χ2v) is 6.22. The van der Waals surface area contributed by atoms with Crippen molar-refractivity contribution in [1.29, 1.82) is 0 Å². The summed E-state index contributed by atoms with van der Waals surface area (Å²) >= 11 is 1.50. The monoisotopic (exact) mass is 337 g/mol. The number of fused-ring (bicyclic) bond motifs is 1. The van der Waals surface area contributed by atoms with Gasteiger partial charge in [0, 0.05) is 11.8 Å². The van der Waals surface area contributed by atoms with Gasteiger partial charge in [0.2, 0.25) is 0 Å². The van der Waals surface area contributed by atoms with Crippen LogP contribution < -0.4 is 11.1 Å². The van der Waals surface area contributed by atoms with Gasteiger partial charge in [-0.1, -0.05) is 24.3 Å². The summed E-state index contributed by atoms with van der Waals surface area (Å²) in [4.78, 5) is 16.7. The SMILES string of the molecule is Cl.NCCc1nc(C(=O)NC2CCCc3ccccc32)cs1. The molecule has 0 spiro atoms. The fourth-order valence-electron chi connectivity index (χ4n) is 2.79. The van der Waals surface area contributed by atoms with Crippen LogP contribution in [0.15, 0.2) is 29.6 Å². The molecule has 1 aliphatic carbocycles. The molecule has 1 aromatic carbocycles. The van der Waals surface area contributed by atoms with Gasteiger partial charge < -0.3 is 11.1 Å². The normalized spacial score (nSPS) is 16.5. The topological polar surface area (TPSA) is 68.0 Å². The maximum atomic E-state index is 12.3. The molecule has 1 aliphatic rings. The lowest BCUT2D eigenvalue weighted by Crippen LogP contribution is -2.31. The van der Waals surface area contributed by atoms with Crippen LogP contribution in [0.3, 0.4) is 0 Å². The average molecular weight is 338 g/mol. The van der Waals surface area contributed by atoms with Crippen molar-refractivity contribution in [3.63, 3.8) is 0 Å². The molecule has 0 aliphatic heterocycles. The van der Waals surface area contributed by atoms with Crippen LogP contribution >= 0.6 is 23.7 Å². The van der Waals surface area contributed by atoms with Gasteiger partial charge in [-0.05, 0) is 36.9 Å². The van der Waals surface area contributed by atoms with Crippen molar-refractivity contribution in [3.05, 3.63) is 51.5 Å². The Morgan fingerprint density at radius 3 is 3.05 bits per heavy atom. The van der Waals surface area contributed by atoms with Crippen LogP contribution in [-0.4, -0.2) is 17.4 Å². The van der Waals surface area contributed by atoms with Crippen LogP contribution in [-0.2, 0) is 12.8 Å². The van der Waals surface area contributed by atoms with E-state index in [0.717, 1.165) is 30.7 Å². The molecule has 3 rings (SSSR count). The molecule has 0 radical (unpaired) electrons. The molecular weight excluding hydrogens is 318 g/mol. The molecule has 0 bridgehead atoms. The highest BCUT2D eigenvalue weighted by Crippen LogP contribution is 2.29. The van der Waals surface area contributed by atoms with E-state index in [1.807, 2.05) is 11.4 Å². The zero-order valence-electron chi connectivity index (χ0n) is 12.2. The van der Waals surface area contributed by atoms with Crippen molar-refractivity contribution >= 4 is 29.7 Å². The summed E-state index contributed by atoms with van der Waals surface area (Å²) in [5.74, 6) is -0.0868. The van der Waals surface area contributed by atoms with E-state index < -0.39 is 0 Å². The minimum absolute atomic E-state index is 0. The van der Waals surface area contributed by atoms with Gasteiger partial charge >= 0.3 is 0 Å². The maximum Gasteiger partial charge on any atom is 0.271 e. The van der Waals surface area contributed by atoms with Crippen LogP contribution in [0.4, 0.5) is 0 Å². The minimum atomic E-state index is -0.0868. The summed E-state index contributed by atoms with van der Waals surface area (Å²) in [7, 11) is 0. The fraction of sp³-hybridized carbons (Fsp3) is 0.375. The molecule has 1 heterocycles. The van der Waals surface area contributed by atoms with E-state index in [4.69, 9.17) is 5.73 Å². The van der Waals surface area contributed by atoms with E-state index in [9.17, 15) is 4.79 Å². The molecule has 3 N–H and O–H groups in total. The second-order valence-electron chi connectivity index (χ2n) is 5.28. The zero-order chi connectivity index (χ0) is 14.7. The average Bonchev–Trinajstić information content (AvgIpc) is 2.97. The highest BCUT2D eigenvalue weighted by atomic mass is 35.5. The Hall–Kier alpha value is -1.43. The first-order chi connectivity index (χ1) is 10.3. The molecule has 2 aromatic rings. The Bertz CT molecular complexity index is 644. The molecule has 6 heteroatoms. The Kier molecular flexibility index (Phi) is 5.94. The van der Waals surface area contributed by atoms with Gasteiger partial charge in [0.15, 0.2) is 0 Å². The molecular formula is C16H20ClN3OS. The molecule has 1 amide bonds. The number of hydrogen-bond acceptors (Lipinski definition) is 4. The summed E-state index contributed by atoms with van der Waals surface area (Å²) in [5, 5.41) is 5.86. The lowest BCUT2D eigenvalue weighted by Gasteiger charge is -2.26. The molecule has 118 valence electrons. The number of halogens is 1. The molecule has 22 heavy (non-hydrogen) atoms. The number of thiazole rings is 1. The standard InChI is InChI=1S/C16H19N3OS.ClH/c17-9-8-15-18-14(10-21-15)16(20)19-13-7-3-5-11-4-1-2-6-12(11)13;/h1-2,4,6,10,13H,3,5,7-9,17H2,(H,19,20);1H. The van der Waals surface area contributed by atoms with E-state index >= 15 is 0 Å². The Morgan fingerprint density at radius 2 is 2.23 bits per heavy atom. The fourth-order valence-corrected chi connectivity index (χ4v) is 3.58. The van der Waals surface area contributed by atoms with E-state index in [1.165, 1.54) is 22.5 Å². The Morgan fingerprint density at radius 1 is 1.41 bits per heavy atom. The molecule has 4 nitrogen and oxygen atoms in total. The van der Waals surface area contributed by atoms with E-state index in [-0.39, 0.29) is 24.4 Å². The Balaban J connectivity index is 0.00000176. The highest BCUT2D eigenvalue weighted by Gasteiger charge is 2.22. The first kappa shape index (κ1) is 16.9. The third-order valence-corrected chi connectivity index (χ3v) is 4.73. The number of carbonyl (C=O) groups is 1. The van der Waals surface area contributed by atoms with Gasteiger partial charge in [0.05, 0.1) is 11.0 Å². The summed E-state index contributed by atoms with van der Waals surface area (Å²) in [5.41, 5.74) is 8.61. The van der Waals surface area contributed by atoms with Gasteiger partial charge in [-0.15, -0.1) is 23.7 Å². The number of nitrogens with one attached hydrogen (secondary N) is 1. The summed E-state index contributed by atoms with van der Waals surface area (Å²) in [6.45, 7) is 0.560.